The van der Waals surface area contributed by atoms with Gasteiger partial charge >= 0.3 is 0 Å². The first-order valence-corrected chi connectivity index (χ1v) is 7.25. The number of aromatic hydroxyl groups is 1. The van der Waals surface area contributed by atoms with Crippen molar-refractivity contribution in [3.8, 4) is 5.75 Å². The molecule has 2 aromatic rings. The summed E-state index contributed by atoms with van der Waals surface area (Å²) in [6.07, 6.45) is 1.29. The van der Waals surface area contributed by atoms with Gasteiger partial charge in [0.15, 0.2) is 0 Å². The van der Waals surface area contributed by atoms with E-state index in [0.717, 1.165) is 0 Å². The van der Waals surface area contributed by atoms with Gasteiger partial charge in [-0.1, -0.05) is 23.2 Å². The molecule has 0 amide bonds. The predicted octanol–water partition coefficient (Wildman–Crippen LogP) is 2.89. The van der Waals surface area contributed by atoms with Gasteiger partial charge in [-0.3, -0.25) is 4.72 Å². The van der Waals surface area contributed by atoms with Gasteiger partial charge in [-0.2, -0.15) is 0 Å². The zero-order valence-electron chi connectivity index (χ0n) is 9.34. The first-order valence-electron chi connectivity index (χ1n) is 5.01. The number of hydrogen-bond acceptors (Lipinski definition) is 4. The number of benzene rings is 1. The molecule has 19 heavy (non-hydrogen) atoms. The molecule has 0 atom stereocenters. The highest BCUT2D eigenvalue weighted by atomic mass is 35.5. The van der Waals surface area contributed by atoms with Gasteiger partial charge in [0.1, 0.15) is 10.9 Å². The van der Waals surface area contributed by atoms with Gasteiger partial charge in [-0.25, -0.2) is 13.4 Å². The number of sulfonamides is 1. The van der Waals surface area contributed by atoms with Crippen molar-refractivity contribution in [3.63, 3.8) is 0 Å². The van der Waals surface area contributed by atoms with Gasteiger partial charge in [-0.05, 0) is 30.3 Å². The van der Waals surface area contributed by atoms with Gasteiger partial charge in [0, 0.05) is 6.20 Å². The summed E-state index contributed by atoms with van der Waals surface area (Å²) in [6.45, 7) is 0. The fourth-order valence-electron chi connectivity index (χ4n) is 1.34. The molecule has 8 heteroatoms. The van der Waals surface area contributed by atoms with Crippen LogP contribution in [0.3, 0.4) is 0 Å². The second kappa shape index (κ2) is 5.24. The minimum atomic E-state index is -3.78. The van der Waals surface area contributed by atoms with E-state index in [0.29, 0.717) is 0 Å². The highest BCUT2D eigenvalue weighted by Gasteiger charge is 2.15. The third kappa shape index (κ3) is 3.28. The molecule has 0 unspecified atom stereocenters. The van der Waals surface area contributed by atoms with Crippen LogP contribution in [-0.2, 0) is 10.0 Å². The summed E-state index contributed by atoms with van der Waals surface area (Å²) >= 11 is 11.3. The minimum Gasteiger partial charge on any atom is -0.506 e. The topological polar surface area (TPSA) is 79.3 Å². The lowest BCUT2D eigenvalue weighted by Crippen LogP contribution is -2.13. The Bertz CT molecular complexity index is 720. The molecule has 100 valence electrons. The Labute approximate surface area is 119 Å². The monoisotopic (exact) mass is 318 g/mol. The van der Waals surface area contributed by atoms with Crippen molar-refractivity contribution >= 4 is 38.9 Å². The van der Waals surface area contributed by atoms with Crippen molar-refractivity contribution in [1.29, 1.82) is 0 Å². The highest BCUT2D eigenvalue weighted by molar-refractivity contribution is 7.92. The van der Waals surface area contributed by atoms with Crippen LogP contribution < -0.4 is 4.72 Å². The molecular formula is C11H8Cl2N2O3S. The van der Waals surface area contributed by atoms with E-state index < -0.39 is 10.0 Å². The number of phenolic OH excluding ortho intramolecular Hbond substituents is 1. The quantitative estimate of drug-likeness (QED) is 0.673. The van der Waals surface area contributed by atoms with E-state index in [2.05, 4.69) is 9.71 Å². The number of phenols is 1. The van der Waals surface area contributed by atoms with Crippen LogP contribution in [0.2, 0.25) is 10.2 Å². The molecule has 0 radical (unpaired) electrons. The number of rotatable bonds is 3. The van der Waals surface area contributed by atoms with Crippen molar-refractivity contribution in [2.75, 3.05) is 4.72 Å². The lowest BCUT2D eigenvalue weighted by Gasteiger charge is -2.08. The van der Waals surface area contributed by atoms with Crippen LogP contribution in [0.4, 0.5) is 5.69 Å². The maximum absolute atomic E-state index is 12.0. The summed E-state index contributed by atoms with van der Waals surface area (Å²) in [5.74, 6) is -0.128. The number of hydrogen-bond donors (Lipinski definition) is 2. The smallest absolute Gasteiger partial charge is 0.262 e. The maximum Gasteiger partial charge on any atom is 0.262 e. The number of anilines is 1. The fourth-order valence-corrected chi connectivity index (χ4v) is 2.82. The van der Waals surface area contributed by atoms with Crippen LogP contribution in [0.15, 0.2) is 41.4 Å². The third-order valence-corrected chi connectivity index (χ3v) is 4.10. The van der Waals surface area contributed by atoms with E-state index in [1.54, 1.807) is 0 Å². The molecule has 2 N–H and O–H groups in total. The number of halogens is 2. The first-order chi connectivity index (χ1) is 8.88. The SMILES string of the molecule is O=S(=O)(Nc1ccc(O)c(Cl)c1)c1ccnc(Cl)c1. The summed E-state index contributed by atoms with van der Waals surface area (Å²) < 4.78 is 26.4. The van der Waals surface area contributed by atoms with Crippen molar-refractivity contribution in [3.05, 3.63) is 46.7 Å². The second-order valence-electron chi connectivity index (χ2n) is 3.59. The van der Waals surface area contributed by atoms with E-state index in [4.69, 9.17) is 23.2 Å². The molecular weight excluding hydrogens is 311 g/mol. The zero-order valence-corrected chi connectivity index (χ0v) is 11.7. The summed E-state index contributed by atoms with van der Waals surface area (Å²) in [6, 6.07) is 6.53. The predicted molar refractivity (Wildman–Crippen MR) is 73.2 cm³/mol. The van der Waals surface area contributed by atoms with Crippen molar-refractivity contribution in [2.45, 2.75) is 4.90 Å². The standard InChI is InChI=1S/C11H8Cl2N2O3S/c12-9-5-7(1-2-10(9)16)15-19(17,18)8-3-4-14-11(13)6-8/h1-6,15-16H. The lowest BCUT2D eigenvalue weighted by atomic mass is 10.3. The Morgan fingerprint density at radius 3 is 2.53 bits per heavy atom. The Balaban J connectivity index is 2.33. The molecule has 0 fully saturated rings. The van der Waals surface area contributed by atoms with Crippen molar-refractivity contribution in [1.82, 2.24) is 4.98 Å². The molecule has 1 aromatic carbocycles. The third-order valence-electron chi connectivity index (χ3n) is 2.21. The van der Waals surface area contributed by atoms with Gasteiger partial charge in [0.2, 0.25) is 0 Å². The molecule has 0 aliphatic carbocycles. The minimum absolute atomic E-state index is 0.0169. The Hall–Kier alpha value is -1.50. The average Bonchev–Trinajstić information content (AvgIpc) is 2.33. The Morgan fingerprint density at radius 2 is 1.89 bits per heavy atom. The van der Waals surface area contributed by atoms with Gasteiger partial charge in [-0.15, -0.1) is 0 Å². The van der Waals surface area contributed by atoms with Gasteiger partial charge in [0.05, 0.1) is 15.6 Å². The molecule has 5 nitrogen and oxygen atoms in total. The van der Waals surface area contributed by atoms with E-state index in [9.17, 15) is 13.5 Å². The van der Waals surface area contributed by atoms with E-state index in [1.165, 1.54) is 36.5 Å². The van der Waals surface area contributed by atoms with Crippen LogP contribution in [-0.4, -0.2) is 18.5 Å². The van der Waals surface area contributed by atoms with E-state index >= 15 is 0 Å². The molecule has 0 bridgehead atoms. The molecule has 0 saturated heterocycles. The molecule has 0 spiro atoms. The van der Waals surface area contributed by atoms with E-state index in [1.807, 2.05) is 0 Å². The Morgan fingerprint density at radius 1 is 1.16 bits per heavy atom. The number of nitrogens with one attached hydrogen (secondary N) is 1. The van der Waals surface area contributed by atoms with Crippen molar-refractivity contribution < 1.29 is 13.5 Å². The molecule has 0 aliphatic heterocycles. The van der Waals surface area contributed by atoms with Crippen LogP contribution >= 0.6 is 23.2 Å². The Kier molecular flexibility index (Phi) is 3.84. The van der Waals surface area contributed by atoms with Gasteiger partial charge in [0.25, 0.3) is 10.0 Å². The van der Waals surface area contributed by atoms with E-state index in [-0.39, 0.29) is 26.5 Å². The molecule has 0 aliphatic rings. The normalized spacial score (nSPS) is 11.3. The molecule has 0 saturated carbocycles. The lowest BCUT2D eigenvalue weighted by molar-refractivity contribution is 0.475. The number of nitrogens with zero attached hydrogens (tertiary/aromatic N) is 1. The van der Waals surface area contributed by atoms with Crippen LogP contribution in [0, 0.1) is 0 Å². The molecule has 2 rings (SSSR count). The number of pyridine rings is 1. The highest BCUT2D eigenvalue weighted by Crippen LogP contribution is 2.27. The summed E-state index contributed by atoms with van der Waals surface area (Å²) in [4.78, 5) is 3.69. The van der Waals surface area contributed by atoms with Gasteiger partial charge < -0.3 is 5.11 Å². The number of aromatic nitrogens is 1. The summed E-state index contributed by atoms with van der Waals surface area (Å²) in [5.41, 5.74) is 0.232. The fraction of sp³-hybridized carbons (Fsp3) is 0. The van der Waals surface area contributed by atoms with Crippen LogP contribution in [0.25, 0.3) is 0 Å². The molecule has 1 heterocycles. The first kappa shape index (κ1) is 13.9. The average molecular weight is 319 g/mol. The van der Waals surface area contributed by atoms with Crippen molar-refractivity contribution in [2.24, 2.45) is 0 Å². The second-order valence-corrected chi connectivity index (χ2v) is 6.06. The van der Waals surface area contributed by atoms with Crippen LogP contribution in [0.1, 0.15) is 0 Å². The summed E-state index contributed by atoms with van der Waals surface area (Å²) in [5, 5.41) is 9.39. The largest absolute Gasteiger partial charge is 0.506 e. The summed E-state index contributed by atoms with van der Waals surface area (Å²) in [7, 11) is -3.78. The van der Waals surface area contributed by atoms with Crippen LogP contribution in [0.5, 0.6) is 5.75 Å². The zero-order chi connectivity index (χ0) is 14.0. The molecule has 1 aromatic heterocycles. The maximum atomic E-state index is 12.0.